The van der Waals surface area contributed by atoms with Crippen LogP contribution in [0.2, 0.25) is 0 Å². The summed E-state index contributed by atoms with van der Waals surface area (Å²) in [6.07, 6.45) is 0.114. The molecule has 1 aliphatic rings. The number of β-amino-alcohol motifs (C(OH)–C–C–N with tert-alkyl or cyclic N) is 1. The minimum atomic E-state index is -0.477. The van der Waals surface area contributed by atoms with Gasteiger partial charge in [-0.2, -0.15) is 5.10 Å². The highest BCUT2D eigenvalue weighted by Gasteiger charge is 2.36. The molecule has 0 aromatic carbocycles. The number of amides is 1. The predicted molar refractivity (Wildman–Crippen MR) is 71.7 cm³/mol. The molecule has 106 valence electrons. The number of likely N-dealkylation sites (N-methyl/N-ethyl adjacent to an activating group) is 1. The Hall–Kier alpha value is -1.60. The van der Waals surface area contributed by atoms with Gasteiger partial charge in [-0.3, -0.25) is 9.89 Å². The van der Waals surface area contributed by atoms with Crippen molar-refractivity contribution in [2.45, 2.75) is 25.5 Å². The molecule has 1 aliphatic heterocycles. The van der Waals surface area contributed by atoms with Crippen LogP contribution in [-0.2, 0) is 0 Å². The first-order valence-electron chi connectivity index (χ1n) is 6.34. The van der Waals surface area contributed by atoms with Crippen molar-refractivity contribution < 1.29 is 9.90 Å². The number of carbonyl (C=O) groups is 1. The fourth-order valence-corrected chi connectivity index (χ4v) is 2.47. The number of aliphatic hydroxyl groups is 1. The highest BCUT2D eigenvalue weighted by Crippen LogP contribution is 2.23. The summed E-state index contributed by atoms with van der Waals surface area (Å²) in [5, 5.41) is 16.5. The number of nitrogen functional groups attached to an aromatic ring is 1. The smallest absolute Gasteiger partial charge is 0.276 e. The summed E-state index contributed by atoms with van der Waals surface area (Å²) in [5.74, 6) is -0.217. The second-order valence-corrected chi connectivity index (χ2v) is 5.37. The summed E-state index contributed by atoms with van der Waals surface area (Å²) in [4.78, 5) is 16.1. The van der Waals surface area contributed by atoms with Gasteiger partial charge >= 0.3 is 0 Å². The van der Waals surface area contributed by atoms with Crippen LogP contribution < -0.4 is 5.73 Å². The number of hydrogen-bond acceptors (Lipinski definition) is 5. The van der Waals surface area contributed by atoms with E-state index in [1.807, 2.05) is 19.0 Å². The molecule has 1 aromatic heterocycles. The first kappa shape index (κ1) is 13.8. The van der Waals surface area contributed by atoms with Crippen molar-refractivity contribution in [3.8, 4) is 0 Å². The Morgan fingerprint density at radius 3 is 2.84 bits per heavy atom. The number of likely N-dealkylation sites (tertiary alicyclic amines) is 1. The summed E-state index contributed by atoms with van der Waals surface area (Å²) in [5.41, 5.74) is 7.16. The molecule has 0 bridgehead atoms. The lowest BCUT2D eigenvalue weighted by molar-refractivity contribution is 0.0694. The van der Waals surface area contributed by atoms with Crippen LogP contribution in [0.5, 0.6) is 0 Å². The molecule has 2 heterocycles. The number of nitrogens with two attached hydrogens (primary N) is 1. The van der Waals surface area contributed by atoms with E-state index in [-0.39, 0.29) is 17.6 Å². The van der Waals surface area contributed by atoms with Gasteiger partial charge in [0.1, 0.15) is 0 Å². The highest BCUT2D eigenvalue weighted by molar-refractivity contribution is 5.98. The van der Waals surface area contributed by atoms with E-state index in [1.54, 1.807) is 11.8 Å². The molecule has 19 heavy (non-hydrogen) atoms. The normalized spacial score (nSPS) is 23.3. The lowest BCUT2D eigenvalue weighted by Gasteiger charge is -2.26. The van der Waals surface area contributed by atoms with E-state index in [0.29, 0.717) is 30.9 Å². The van der Waals surface area contributed by atoms with E-state index in [9.17, 15) is 9.90 Å². The van der Waals surface area contributed by atoms with E-state index < -0.39 is 6.10 Å². The summed E-state index contributed by atoms with van der Waals surface area (Å²) < 4.78 is 0. The van der Waals surface area contributed by atoms with Crippen LogP contribution in [-0.4, -0.2) is 70.3 Å². The van der Waals surface area contributed by atoms with Gasteiger partial charge in [0.2, 0.25) is 0 Å². The molecule has 2 rings (SSSR count). The summed E-state index contributed by atoms with van der Waals surface area (Å²) in [6.45, 7) is 2.82. The number of aromatic amines is 1. The number of carbonyl (C=O) groups excluding carboxylic acids is 1. The van der Waals surface area contributed by atoms with Crippen LogP contribution in [0.1, 0.15) is 22.6 Å². The molecule has 1 amide bonds. The van der Waals surface area contributed by atoms with Gasteiger partial charge in [0.05, 0.1) is 17.5 Å². The number of anilines is 1. The average molecular weight is 267 g/mol. The zero-order valence-corrected chi connectivity index (χ0v) is 11.6. The van der Waals surface area contributed by atoms with Crippen molar-refractivity contribution in [1.82, 2.24) is 20.0 Å². The van der Waals surface area contributed by atoms with Crippen molar-refractivity contribution in [2.75, 3.05) is 32.9 Å². The van der Waals surface area contributed by atoms with Crippen LogP contribution in [0.15, 0.2) is 0 Å². The lowest BCUT2D eigenvalue weighted by atomic mass is 10.2. The Balaban J connectivity index is 2.19. The molecule has 1 saturated heterocycles. The number of rotatable bonds is 3. The number of aromatic nitrogens is 2. The van der Waals surface area contributed by atoms with E-state index >= 15 is 0 Å². The molecule has 2 unspecified atom stereocenters. The van der Waals surface area contributed by atoms with Gasteiger partial charge < -0.3 is 20.6 Å². The monoisotopic (exact) mass is 267 g/mol. The maximum atomic E-state index is 12.5. The van der Waals surface area contributed by atoms with Crippen molar-refractivity contribution in [3.05, 3.63) is 11.4 Å². The standard InChI is InChI=1S/C12H21N5O2/c1-7-10(13)11(15-14-7)12(19)17-6-9(18)4-8(17)5-16(2)3/h8-9,18H,4-6,13H2,1-3H3,(H,14,15). The molecule has 0 spiro atoms. The Morgan fingerprint density at radius 2 is 2.32 bits per heavy atom. The highest BCUT2D eigenvalue weighted by atomic mass is 16.3. The zero-order chi connectivity index (χ0) is 14.2. The third-order valence-corrected chi connectivity index (χ3v) is 3.43. The van der Waals surface area contributed by atoms with Crippen molar-refractivity contribution in [3.63, 3.8) is 0 Å². The molecule has 0 radical (unpaired) electrons. The molecule has 1 aromatic rings. The van der Waals surface area contributed by atoms with Gasteiger partial charge in [-0.15, -0.1) is 0 Å². The lowest BCUT2D eigenvalue weighted by Crippen LogP contribution is -2.41. The van der Waals surface area contributed by atoms with Gasteiger partial charge in [0.15, 0.2) is 5.69 Å². The number of nitrogens with zero attached hydrogens (tertiary/aromatic N) is 3. The van der Waals surface area contributed by atoms with Crippen LogP contribution in [0, 0.1) is 6.92 Å². The van der Waals surface area contributed by atoms with E-state index in [4.69, 9.17) is 5.73 Å². The minimum Gasteiger partial charge on any atom is -0.395 e. The Labute approximate surface area is 112 Å². The van der Waals surface area contributed by atoms with Gasteiger partial charge in [0.25, 0.3) is 5.91 Å². The third kappa shape index (κ3) is 2.71. The van der Waals surface area contributed by atoms with Gasteiger partial charge in [-0.1, -0.05) is 0 Å². The average Bonchev–Trinajstić information content (AvgIpc) is 2.83. The molecule has 4 N–H and O–H groups in total. The molecule has 7 nitrogen and oxygen atoms in total. The number of aryl methyl sites for hydroxylation is 1. The second kappa shape index (κ2) is 5.18. The first-order chi connectivity index (χ1) is 8.90. The van der Waals surface area contributed by atoms with Crippen molar-refractivity contribution in [1.29, 1.82) is 0 Å². The number of nitrogens with one attached hydrogen (secondary N) is 1. The Morgan fingerprint density at radius 1 is 1.63 bits per heavy atom. The second-order valence-electron chi connectivity index (χ2n) is 5.37. The fourth-order valence-electron chi connectivity index (χ4n) is 2.47. The SMILES string of the molecule is Cc1[nH]nc(C(=O)N2CC(O)CC2CN(C)C)c1N. The van der Waals surface area contributed by atoms with Crippen molar-refractivity contribution >= 4 is 11.6 Å². The summed E-state index contributed by atoms with van der Waals surface area (Å²) in [7, 11) is 3.89. The molecule has 2 atom stereocenters. The van der Waals surface area contributed by atoms with Crippen LogP contribution in [0.3, 0.4) is 0 Å². The van der Waals surface area contributed by atoms with Gasteiger partial charge in [-0.05, 0) is 27.4 Å². The molecule has 0 saturated carbocycles. The predicted octanol–water partition coefficient (Wildman–Crippen LogP) is -0.563. The minimum absolute atomic E-state index is 0.00564. The largest absolute Gasteiger partial charge is 0.395 e. The number of H-pyrrole nitrogens is 1. The van der Waals surface area contributed by atoms with E-state index in [0.717, 1.165) is 0 Å². The Kier molecular flexibility index (Phi) is 3.77. The van der Waals surface area contributed by atoms with Crippen LogP contribution >= 0.6 is 0 Å². The van der Waals surface area contributed by atoms with Crippen molar-refractivity contribution in [2.24, 2.45) is 0 Å². The quantitative estimate of drug-likeness (QED) is 0.681. The maximum Gasteiger partial charge on any atom is 0.276 e. The Bertz CT molecular complexity index is 471. The fraction of sp³-hybridized carbons (Fsp3) is 0.667. The third-order valence-electron chi connectivity index (χ3n) is 3.43. The summed E-state index contributed by atoms with van der Waals surface area (Å²) in [6, 6.07) is -0.00564. The molecule has 0 aliphatic carbocycles. The van der Waals surface area contributed by atoms with Crippen LogP contribution in [0.4, 0.5) is 5.69 Å². The maximum absolute atomic E-state index is 12.5. The molecule has 7 heteroatoms. The first-order valence-corrected chi connectivity index (χ1v) is 6.34. The van der Waals surface area contributed by atoms with Crippen LogP contribution in [0.25, 0.3) is 0 Å². The molecule has 1 fully saturated rings. The number of aliphatic hydroxyl groups excluding tert-OH is 1. The molecular weight excluding hydrogens is 246 g/mol. The summed E-state index contributed by atoms with van der Waals surface area (Å²) >= 11 is 0. The zero-order valence-electron chi connectivity index (χ0n) is 11.6. The molecular formula is C12H21N5O2. The van der Waals surface area contributed by atoms with Gasteiger partial charge in [0, 0.05) is 19.1 Å². The number of hydrogen-bond donors (Lipinski definition) is 3. The van der Waals surface area contributed by atoms with E-state index in [1.165, 1.54) is 0 Å². The van der Waals surface area contributed by atoms with Gasteiger partial charge in [-0.25, -0.2) is 0 Å². The topological polar surface area (TPSA) is 98.5 Å². The van der Waals surface area contributed by atoms with E-state index in [2.05, 4.69) is 10.2 Å².